The Morgan fingerprint density at radius 1 is 1.29 bits per heavy atom. The zero-order chi connectivity index (χ0) is 19.1. The van der Waals surface area contributed by atoms with E-state index in [-0.39, 0.29) is 0 Å². The van der Waals surface area contributed by atoms with Crippen LogP contribution in [0.15, 0.2) is 37.2 Å². The number of hydrogen-bond donors (Lipinski definition) is 1. The van der Waals surface area contributed by atoms with E-state index >= 15 is 0 Å². The van der Waals surface area contributed by atoms with E-state index in [2.05, 4.69) is 45.1 Å². The summed E-state index contributed by atoms with van der Waals surface area (Å²) >= 11 is 0. The van der Waals surface area contributed by atoms with Crippen molar-refractivity contribution in [1.29, 1.82) is 0 Å². The Kier molecular flexibility index (Phi) is 4.40. The van der Waals surface area contributed by atoms with E-state index in [1.807, 2.05) is 24.5 Å². The molecule has 0 atom stereocenters. The zero-order valence-electron chi connectivity index (χ0n) is 16.5. The molecule has 1 aliphatic heterocycles. The molecule has 0 amide bonds. The Balaban J connectivity index is 1.46. The van der Waals surface area contributed by atoms with Gasteiger partial charge in [0.05, 0.1) is 5.69 Å². The normalized spacial score (nSPS) is 18.7. The Labute approximate surface area is 165 Å². The van der Waals surface area contributed by atoms with Gasteiger partial charge in [-0.2, -0.15) is 0 Å². The summed E-state index contributed by atoms with van der Waals surface area (Å²) in [5, 5.41) is 1.11. The highest BCUT2D eigenvalue weighted by Crippen LogP contribution is 2.29. The van der Waals surface area contributed by atoms with Crippen LogP contribution in [0.1, 0.15) is 42.0 Å². The van der Waals surface area contributed by atoms with Crippen LogP contribution < -0.4 is 0 Å². The standard InChI is InChI=1S/C23H27N5/c1-3-17(20-15-25-23-19(20)8-5-10-24-23)14-21-16(2)28-13-12-27(18-6-4-7-18)11-9-22(28)26-21/h3,5,8,10,14-15,18H,1,4,6-7,9,11-13H2,2H3,(H,24,25)/b17-14+. The van der Waals surface area contributed by atoms with E-state index in [1.54, 1.807) is 0 Å². The van der Waals surface area contributed by atoms with E-state index in [4.69, 9.17) is 4.98 Å². The van der Waals surface area contributed by atoms with Crippen LogP contribution >= 0.6 is 0 Å². The first kappa shape index (κ1) is 17.4. The summed E-state index contributed by atoms with van der Waals surface area (Å²) in [6.07, 6.45) is 13.1. The molecule has 3 aromatic heterocycles. The van der Waals surface area contributed by atoms with Crippen molar-refractivity contribution in [2.24, 2.45) is 0 Å². The molecule has 28 heavy (non-hydrogen) atoms. The van der Waals surface area contributed by atoms with E-state index in [0.717, 1.165) is 60.0 Å². The van der Waals surface area contributed by atoms with Gasteiger partial charge >= 0.3 is 0 Å². The largest absolute Gasteiger partial charge is 0.346 e. The lowest BCUT2D eigenvalue weighted by molar-refractivity contribution is 0.130. The molecule has 0 unspecified atom stereocenters. The maximum absolute atomic E-state index is 5.01. The molecule has 1 saturated carbocycles. The number of fused-ring (bicyclic) bond motifs is 2. The van der Waals surface area contributed by atoms with Crippen LogP contribution in [0.25, 0.3) is 22.7 Å². The number of aromatic amines is 1. The Morgan fingerprint density at radius 2 is 2.18 bits per heavy atom. The van der Waals surface area contributed by atoms with Crippen molar-refractivity contribution >= 4 is 22.7 Å². The van der Waals surface area contributed by atoms with Crippen LogP contribution in [0.4, 0.5) is 0 Å². The minimum absolute atomic E-state index is 0.812. The van der Waals surface area contributed by atoms with Crippen LogP contribution in [0, 0.1) is 6.92 Å². The molecule has 5 heteroatoms. The van der Waals surface area contributed by atoms with Crippen LogP contribution in [0.3, 0.4) is 0 Å². The molecule has 1 N–H and O–H groups in total. The summed E-state index contributed by atoms with van der Waals surface area (Å²) in [6, 6.07) is 4.88. The summed E-state index contributed by atoms with van der Waals surface area (Å²) in [6.45, 7) is 9.55. The van der Waals surface area contributed by atoms with Crippen molar-refractivity contribution in [3.63, 3.8) is 0 Å². The topological polar surface area (TPSA) is 49.7 Å². The average Bonchev–Trinajstić information content (AvgIpc) is 3.15. The smallest absolute Gasteiger partial charge is 0.137 e. The van der Waals surface area contributed by atoms with Gasteiger partial charge in [-0.15, -0.1) is 0 Å². The lowest BCUT2D eigenvalue weighted by atomic mass is 9.91. The van der Waals surface area contributed by atoms with Crippen molar-refractivity contribution < 1.29 is 0 Å². The number of pyridine rings is 1. The number of H-pyrrole nitrogens is 1. The third-order valence-corrected chi connectivity index (χ3v) is 6.44. The van der Waals surface area contributed by atoms with Gasteiger partial charge < -0.3 is 9.55 Å². The van der Waals surface area contributed by atoms with Crippen LogP contribution in [0.2, 0.25) is 0 Å². The molecule has 2 aliphatic rings. The molecule has 1 aliphatic carbocycles. The highest BCUT2D eigenvalue weighted by Gasteiger charge is 2.27. The molecule has 144 valence electrons. The van der Waals surface area contributed by atoms with Gasteiger partial charge in [-0.3, -0.25) is 4.90 Å². The van der Waals surface area contributed by atoms with E-state index in [1.165, 1.54) is 30.8 Å². The lowest BCUT2D eigenvalue weighted by Gasteiger charge is -2.36. The van der Waals surface area contributed by atoms with Gasteiger partial charge in [-0.25, -0.2) is 9.97 Å². The monoisotopic (exact) mass is 373 g/mol. The number of nitrogens with one attached hydrogen (secondary N) is 1. The number of aromatic nitrogens is 4. The predicted octanol–water partition coefficient (Wildman–Crippen LogP) is 4.21. The molecule has 0 aromatic carbocycles. The molecule has 0 bridgehead atoms. The molecule has 0 spiro atoms. The summed E-state index contributed by atoms with van der Waals surface area (Å²) in [5.41, 5.74) is 5.41. The fourth-order valence-electron chi connectivity index (χ4n) is 4.53. The van der Waals surface area contributed by atoms with E-state index in [9.17, 15) is 0 Å². The lowest BCUT2D eigenvalue weighted by Crippen LogP contribution is -2.41. The summed E-state index contributed by atoms with van der Waals surface area (Å²) in [7, 11) is 0. The van der Waals surface area contributed by atoms with Gasteiger partial charge in [0, 0.05) is 61.1 Å². The first-order valence-corrected chi connectivity index (χ1v) is 10.3. The molecule has 1 fully saturated rings. The zero-order valence-corrected chi connectivity index (χ0v) is 16.5. The highest BCUT2D eigenvalue weighted by atomic mass is 15.2. The number of hydrogen-bond acceptors (Lipinski definition) is 3. The Bertz CT molecular complexity index is 1050. The maximum Gasteiger partial charge on any atom is 0.137 e. The van der Waals surface area contributed by atoms with Crippen molar-refractivity contribution in [1.82, 2.24) is 24.4 Å². The highest BCUT2D eigenvalue weighted by molar-refractivity contribution is 5.98. The Morgan fingerprint density at radius 3 is 2.96 bits per heavy atom. The second-order valence-corrected chi connectivity index (χ2v) is 7.93. The van der Waals surface area contributed by atoms with Crippen LogP contribution in [-0.4, -0.2) is 43.6 Å². The number of allylic oxidation sites excluding steroid dienone is 2. The SMILES string of the molecule is C=C/C(=C\c1nc2n(c1C)CCN(C1CCC1)CC2)c1c[nH]c2ncccc12. The molecule has 4 heterocycles. The van der Waals surface area contributed by atoms with Crippen molar-refractivity contribution in [2.75, 3.05) is 13.1 Å². The van der Waals surface area contributed by atoms with Gasteiger partial charge in [0.15, 0.2) is 0 Å². The first-order valence-electron chi connectivity index (χ1n) is 10.3. The van der Waals surface area contributed by atoms with Gasteiger partial charge in [-0.1, -0.05) is 19.1 Å². The number of imidazole rings is 1. The number of nitrogens with zero attached hydrogens (tertiary/aromatic N) is 4. The van der Waals surface area contributed by atoms with Crippen LogP contribution in [-0.2, 0) is 13.0 Å². The fourth-order valence-corrected chi connectivity index (χ4v) is 4.53. The third kappa shape index (κ3) is 2.90. The summed E-state index contributed by atoms with van der Waals surface area (Å²) in [5.74, 6) is 1.22. The predicted molar refractivity (Wildman–Crippen MR) is 114 cm³/mol. The van der Waals surface area contributed by atoms with Crippen molar-refractivity contribution in [2.45, 2.75) is 45.2 Å². The van der Waals surface area contributed by atoms with Gasteiger partial charge in [0.25, 0.3) is 0 Å². The van der Waals surface area contributed by atoms with Gasteiger partial charge in [0.1, 0.15) is 11.5 Å². The molecule has 5 nitrogen and oxygen atoms in total. The molecular formula is C23H27N5. The molecule has 0 radical (unpaired) electrons. The van der Waals surface area contributed by atoms with E-state index in [0.29, 0.717) is 0 Å². The third-order valence-electron chi connectivity index (χ3n) is 6.44. The second-order valence-electron chi connectivity index (χ2n) is 7.93. The molecule has 5 rings (SSSR count). The quantitative estimate of drug-likeness (QED) is 0.697. The number of rotatable bonds is 4. The first-order chi connectivity index (χ1) is 13.7. The van der Waals surface area contributed by atoms with Gasteiger partial charge in [0.2, 0.25) is 0 Å². The minimum atomic E-state index is 0.812. The van der Waals surface area contributed by atoms with Gasteiger partial charge in [-0.05, 0) is 43.5 Å². The minimum Gasteiger partial charge on any atom is -0.346 e. The maximum atomic E-state index is 5.01. The van der Waals surface area contributed by atoms with Crippen molar-refractivity contribution in [3.05, 3.63) is 60.0 Å². The molecular weight excluding hydrogens is 346 g/mol. The van der Waals surface area contributed by atoms with Crippen LogP contribution in [0.5, 0.6) is 0 Å². The Hall–Kier alpha value is -2.66. The second kappa shape index (κ2) is 7.06. The summed E-state index contributed by atoms with van der Waals surface area (Å²) in [4.78, 5) is 15.3. The molecule has 0 saturated heterocycles. The van der Waals surface area contributed by atoms with E-state index < -0.39 is 0 Å². The van der Waals surface area contributed by atoms with Crippen molar-refractivity contribution in [3.8, 4) is 0 Å². The molecule has 3 aromatic rings. The average molecular weight is 374 g/mol. The summed E-state index contributed by atoms with van der Waals surface area (Å²) < 4.78 is 2.42. The fraction of sp³-hybridized carbons (Fsp3) is 0.391.